The summed E-state index contributed by atoms with van der Waals surface area (Å²) < 4.78 is 9.76. The van der Waals surface area contributed by atoms with E-state index in [2.05, 4.69) is 37.9 Å². The zero-order chi connectivity index (χ0) is 21.4. The highest BCUT2D eigenvalue weighted by Gasteiger charge is 2.20. The number of aliphatic imine (C=N–C) groups is 1. The van der Waals surface area contributed by atoms with Gasteiger partial charge in [0.1, 0.15) is 22.5 Å². The van der Waals surface area contributed by atoms with Gasteiger partial charge in [-0.1, -0.05) is 30.2 Å². The molecule has 0 saturated heterocycles. The number of ether oxygens (including phenoxy) is 1. The van der Waals surface area contributed by atoms with Gasteiger partial charge in [0.25, 0.3) is 5.56 Å². The second-order valence-corrected chi connectivity index (χ2v) is 7.57. The maximum Gasteiger partial charge on any atom is 0.293 e. The number of nitrogens with zero attached hydrogens (tertiary/aromatic N) is 5. The number of aromatic nitrogens is 4. The van der Waals surface area contributed by atoms with E-state index in [0.29, 0.717) is 45.2 Å². The lowest BCUT2D eigenvalue weighted by atomic mass is 10.1. The molecule has 0 atom stereocenters. The Labute approximate surface area is 186 Å². The second kappa shape index (κ2) is 7.85. The van der Waals surface area contributed by atoms with E-state index in [0.717, 1.165) is 5.56 Å². The molecule has 0 saturated carbocycles. The molecular weight excluding hydrogens is 458 g/mol. The predicted octanol–water partition coefficient (Wildman–Crippen LogP) is 4.31. The van der Waals surface area contributed by atoms with E-state index in [1.165, 1.54) is 4.68 Å². The van der Waals surface area contributed by atoms with Crippen molar-refractivity contribution < 1.29 is 4.74 Å². The van der Waals surface area contributed by atoms with Gasteiger partial charge in [-0.15, -0.1) is 5.92 Å². The fraction of sp³-hybridized carbons (Fsp3) is 0.130. The van der Waals surface area contributed by atoms with Crippen molar-refractivity contribution in [1.29, 1.82) is 0 Å². The summed E-state index contributed by atoms with van der Waals surface area (Å²) in [5.41, 5.74) is 2.92. The molecule has 5 rings (SSSR count). The highest BCUT2D eigenvalue weighted by atomic mass is 79.9. The average Bonchev–Trinajstić information content (AvgIpc) is 3.01. The van der Waals surface area contributed by atoms with Crippen molar-refractivity contribution in [1.82, 2.24) is 19.3 Å². The van der Waals surface area contributed by atoms with E-state index in [4.69, 9.17) is 9.73 Å². The predicted molar refractivity (Wildman–Crippen MR) is 122 cm³/mol. The van der Waals surface area contributed by atoms with Crippen molar-refractivity contribution in [3.8, 4) is 23.3 Å². The first-order chi connectivity index (χ1) is 15.2. The first-order valence-corrected chi connectivity index (χ1v) is 10.4. The van der Waals surface area contributed by atoms with Crippen LogP contribution < -0.4 is 10.3 Å². The van der Waals surface area contributed by atoms with Gasteiger partial charge in [-0.2, -0.15) is 5.10 Å². The Morgan fingerprint density at radius 3 is 2.71 bits per heavy atom. The number of halogens is 1. The standard InChI is InChI=1S/C23H16BrN5O2/c1-2-3-12-28-21-17(27-23(28)24)13-25-29(22(21)30)14-18-15-8-4-6-10-19(15)31-20-11-7-5-9-16(20)26-18/h4-11,13H,12,14H2,1H3. The molecule has 0 radical (unpaired) electrons. The maximum absolute atomic E-state index is 13.3. The van der Waals surface area contributed by atoms with Crippen LogP contribution in [0.4, 0.5) is 5.69 Å². The van der Waals surface area contributed by atoms with Crippen molar-refractivity contribution in [2.45, 2.75) is 20.0 Å². The summed E-state index contributed by atoms with van der Waals surface area (Å²) >= 11 is 3.41. The summed E-state index contributed by atoms with van der Waals surface area (Å²) in [5, 5.41) is 4.34. The Bertz CT molecular complexity index is 1470. The summed E-state index contributed by atoms with van der Waals surface area (Å²) in [6, 6.07) is 15.2. The molecule has 2 aromatic carbocycles. The van der Waals surface area contributed by atoms with E-state index >= 15 is 0 Å². The summed E-state index contributed by atoms with van der Waals surface area (Å²) in [6.45, 7) is 2.30. The molecule has 0 unspecified atom stereocenters. The van der Waals surface area contributed by atoms with Crippen molar-refractivity contribution in [3.05, 3.63) is 75.4 Å². The van der Waals surface area contributed by atoms with Crippen LogP contribution >= 0.6 is 15.9 Å². The Balaban J connectivity index is 1.65. The summed E-state index contributed by atoms with van der Waals surface area (Å²) in [6.07, 6.45) is 1.59. The molecule has 0 spiro atoms. The third kappa shape index (κ3) is 3.43. The van der Waals surface area contributed by atoms with Crippen molar-refractivity contribution in [2.24, 2.45) is 4.99 Å². The Kier molecular flexibility index (Phi) is 4.88. The van der Waals surface area contributed by atoms with Gasteiger partial charge in [-0.25, -0.2) is 14.7 Å². The molecule has 0 aliphatic carbocycles. The topological polar surface area (TPSA) is 74.3 Å². The lowest BCUT2D eigenvalue weighted by Crippen LogP contribution is -2.28. The molecule has 1 aliphatic heterocycles. The SMILES string of the molecule is CC#CCn1c(Br)nc2cnn(CC3=Nc4ccccc4Oc4ccccc43)c(=O)c21. The van der Waals surface area contributed by atoms with Crippen LogP contribution in [-0.4, -0.2) is 25.0 Å². The number of para-hydroxylation sites is 3. The molecule has 0 fully saturated rings. The molecule has 0 amide bonds. The minimum atomic E-state index is -0.257. The first-order valence-electron chi connectivity index (χ1n) is 9.61. The van der Waals surface area contributed by atoms with Gasteiger partial charge in [0.2, 0.25) is 0 Å². The van der Waals surface area contributed by atoms with E-state index in [-0.39, 0.29) is 12.1 Å². The third-order valence-electron chi connectivity index (χ3n) is 4.96. The molecule has 0 bridgehead atoms. The number of hydrogen-bond donors (Lipinski definition) is 0. The molecule has 4 aromatic rings. The molecule has 2 aromatic heterocycles. The van der Waals surface area contributed by atoms with Crippen molar-refractivity contribution in [2.75, 3.05) is 0 Å². The van der Waals surface area contributed by atoms with Gasteiger partial charge in [0, 0.05) is 5.56 Å². The van der Waals surface area contributed by atoms with Gasteiger partial charge in [0.05, 0.1) is 25.0 Å². The van der Waals surface area contributed by atoms with E-state index < -0.39 is 0 Å². The number of rotatable bonds is 3. The highest BCUT2D eigenvalue weighted by Crippen LogP contribution is 2.37. The second-order valence-electron chi connectivity index (χ2n) is 6.86. The monoisotopic (exact) mass is 473 g/mol. The van der Waals surface area contributed by atoms with Gasteiger partial charge in [-0.3, -0.25) is 4.79 Å². The normalized spacial score (nSPS) is 12.1. The molecule has 31 heavy (non-hydrogen) atoms. The minimum Gasteiger partial charge on any atom is -0.454 e. The van der Waals surface area contributed by atoms with Crippen LogP contribution in [0.25, 0.3) is 11.0 Å². The van der Waals surface area contributed by atoms with Crippen LogP contribution in [0.1, 0.15) is 12.5 Å². The third-order valence-corrected chi connectivity index (χ3v) is 5.56. The Hall–Kier alpha value is -3.70. The minimum absolute atomic E-state index is 0.186. The molecule has 7 nitrogen and oxygen atoms in total. The molecular formula is C23H16BrN5O2. The van der Waals surface area contributed by atoms with Crippen LogP contribution in [0, 0.1) is 11.8 Å². The summed E-state index contributed by atoms with van der Waals surface area (Å²) in [4.78, 5) is 22.5. The average molecular weight is 474 g/mol. The zero-order valence-electron chi connectivity index (χ0n) is 16.5. The van der Waals surface area contributed by atoms with Gasteiger partial charge in [-0.05, 0) is 47.1 Å². The van der Waals surface area contributed by atoms with Crippen molar-refractivity contribution in [3.63, 3.8) is 0 Å². The molecule has 1 aliphatic rings. The van der Waals surface area contributed by atoms with Crippen LogP contribution in [0.15, 0.2) is 69.2 Å². The fourth-order valence-electron chi connectivity index (χ4n) is 3.49. The quantitative estimate of drug-likeness (QED) is 0.415. The van der Waals surface area contributed by atoms with Gasteiger partial charge < -0.3 is 9.30 Å². The van der Waals surface area contributed by atoms with Crippen LogP contribution in [0.5, 0.6) is 11.5 Å². The lowest BCUT2D eigenvalue weighted by Gasteiger charge is -2.10. The fourth-order valence-corrected chi connectivity index (χ4v) is 3.98. The number of fused-ring (bicyclic) bond motifs is 3. The van der Waals surface area contributed by atoms with E-state index in [1.54, 1.807) is 17.7 Å². The maximum atomic E-state index is 13.3. The number of hydrogen-bond acceptors (Lipinski definition) is 5. The van der Waals surface area contributed by atoms with Crippen molar-refractivity contribution >= 4 is 38.4 Å². The van der Waals surface area contributed by atoms with Crippen LogP contribution in [-0.2, 0) is 13.1 Å². The van der Waals surface area contributed by atoms with E-state index in [1.807, 2.05) is 48.5 Å². The molecule has 3 heterocycles. The smallest absolute Gasteiger partial charge is 0.293 e. The zero-order valence-corrected chi connectivity index (χ0v) is 18.1. The Morgan fingerprint density at radius 1 is 1.10 bits per heavy atom. The summed E-state index contributed by atoms with van der Waals surface area (Å²) in [7, 11) is 0. The highest BCUT2D eigenvalue weighted by molar-refractivity contribution is 9.10. The number of imidazole rings is 1. The van der Waals surface area contributed by atoms with Crippen LogP contribution in [0.3, 0.4) is 0 Å². The lowest BCUT2D eigenvalue weighted by molar-refractivity contribution is 0.484. The Morgan fingerprint density at radius 2 is 1.87 bits per heavy atom. The summed E-state index contributed by atoms with van der Waals surface area (Å²) in [5.74, 6) is 7.18. The molecule has 0 N–H and O–H groups in total. The largest absolute Gasteiger partial charge is 0.454 e. The van der Waals surface area contributed by atoms with Crippen LogP contribution in [0.2, 0.25) is 0 Å². The van der Waals surface area contributed by atoms with E-state index in [9.17, 15) is 4.79 Å². The van der Waals surface area contributed by atoms with Gasteiger partial charge in [0.15, 0.2) is 10.5 Å². The number of benzene rings is 2. The molecule has 8 heteroatoms. The first kappa shape index (κ1) is 19.3. The molecule has 152 valence electrons. The van der Waals surface area contributed by atoms with Gasteiger partial charge >= 0.3 is 0 Å².